The Hall–Kier alpha value is -1.55. The average Bonchev–Trinajstić information content (AvgIpc) is 2.56. The molecule has 1 aliphatic heterocycles. The Morgan fingerprint density at radius 2 is 1.96 bits per heavy atom. The van der Waals surface area contributed by atoms with E-state index in [0.29, 0.717) is 24.6 Å². The van der Waals surface area contributed by atoms with Gasteiger partial charge in [0.1, 0.15) is 0 Å². The first-order valence-electron chi connectivity index (χ1n) is 9.26. The third-order valence-electron chi connectivity index (χ3n) is 5.58. The Labute approximate surface area is 154 Å². The Balaban J connectivity index is 1.70. The second-order valence-electron chi connectivity index (χ2n) is 7.21. The van der Waals surface area contributed by atoms with Gasteiger partial charge in [-0.2, -0.15) is 0 Å². The molecular formula is C20H26ClNO3. The second kappa shape index (κ2) is 7.77. The maximum atomic E-state index is 13.3. The van der Waals surface area contributed by atoms with Crippen molar-refractivity contribution in [3.05, 3.63) is 34.9 Å². The third kappa shape index (κ3) is 3.84. The molecule has 0 unspecified atom stereocenters. The van der Waals surface area contributed by atoms with Gasteiger partial charge in [-0.15, -0.1) is 0 Å². The molecule has 25 heavy (non-hydrogen) atoms. The Morgan fingerprint density at radius 1 is 1.24 bits per heavy atom. The predicted molar refractivity (Wildman–Crippen MR) is 97.5 cm³/mol. The second-order valence-corrected chi connectivity index (χ2v) is 7.65. The molecule has 1 aromatic rings. The monoisotopic (exact) mass is 363 g/mol. The minimum absolute atomic E-state index is 0.155. The van der Waals surface area contributed by atoms with Gasteiger partial charge in [0.15, 0.2) is 0 Å². The molecule has 136 valence electrons. The fraction of sp³-hybridized carbons (Fsp3) is 0.600. The lowest BCUT2D eigenvalue weighted by atomic mass is 9.63. The summed E-state index contributed by atoms with van der Waals surface area (Å²) in [5.41, 5.74) is 0.678. The number of ether oxygens (including phenoxy) is 1. The smallest absolute Gasteiger partial charge is 0.306 e. The van der Waals surface area contributed by atoms with Crippen molar-refractivity contribution in [2.45, 2.75) is 50.9 Å². The van der Waals surface area contributed by atoms with Crippen LogP contribution in [-0.2, 0) is 19.7 Å². The number of benzene rings is 1. The zero-order valence-corrected chi connectivity index (χ0v) is 15.6. The Morgan fingerprint density at radius 3 is 2.56 bits per heavy atom. The molecule has 1 heterocycles. The molecule has 1 saturated heterocycles. The molecule has 3 rings (SSSR count). The third-order valence-corrected chi connectivity index (χ3v) is 5.83. The number of hydrogen-bond donors (Lipinski definition) is 0. The molecule has 1 amide bonds. The van der Waals surface area contributed by atoms with Crippen molar-refractivity contribution in [3.63, 3.8) is 0 Å². The van der Waals surface area contributed by atoms with Gasteiger partial charge in [0, 0.05) is 18.1 Å². The van der Waals surface area contributed by atoms with Gasteiger partial charge >= 0.3 is 5.97 Å². The molecule has 1 aromatic carbocycles. The maximum Gasteiger partial charge on any atom is 0.306 e. The highest BCUT2D eigenvalue weighted by Gasteiger charge is 2.48. The molecule has 1 atom stereocenters. The van der Waals surface area contributed by atoms with Crippen molar-refractivity contribution in [3.8, 4) is 0 Å². The number of hydrogen-bond acceptors (Lipinski definition) is 3. The minimum atomic E-state index is -0.392. The Kier molecular flexibility index (Phi) is 5.67. The standard InChI is InChI=1S/C20H26ClNO3/c1-2-25-18(23)13-15-5-3-12-22(14-15)19(24)20(10-4-11-20)16-6-8-17(21)9-7-16/h6-9,15H,2-5,10-14H2,1H3/t15-/m1/s1. The molecule has 2 fully saturated rings. The molecule has 2 aliphatic rings. The van der Waals surface area contributed by atoms with Gasteiger partial charge in [0.25, 0.3) is 0 Å². The van der Waals surface area contributed by atoms with Crippen LogP contribution in [0.3, 0.4) is 0 Å². The van der Waals surface area contributed by atoms with Crippen LogP contribution in [0.15, 0.2) is 24.3 Å². The molecule has 0 aromatic heterocycles. The topological polar surface area (TPSA) is 46.6 Å². The summed E-state index contributed by atoms with van der Waals surface area (Å²) in [7, 11) is 0. The van der Waals surface area contributed by atoms with Crippen LogP contribution in [0.1, 0.15) is 51.0 Å². The lowest BCUT2D eigenvalue weighted by Gasteiger charge is -2.46. The van der Waals surface area contributed by atoms with Crippen LogP contribution in [0.4, 0.5) is 0 Å². The maximum absolute atomic E-state index is 13.3. The fourth-order valence-corrected chi connectivity index (χ4v) is 4.23. The van der Waals surface area contributed by atoms with Crippen molar-refractivity contribution >= 4 is 23.5 Å². The number of piperidine rings is 1. The minimum Gasteiger partial charge on any atom is -0.466 e. The number of amides is 1. The number of nitrogens with zero attached hydrogens (tertiary/aromatic N) is 1. The molecule has 4 nitrogen and oxygen atoms in total. The zero-order valence-electron chi connectivity index (χ0n) is 14.8. The molecular weight excluding hydrogens is 338 g/mol. The van der Waals surface area contributed by atoms with Crippen LogP contribution in [0.2, 0.25) is 5.02 Å². The Bertz CT molecular complexity index is 624. The summed E-state index contributed by atoms with van der Waals surface area (Å²) >= 11 is 6.01. The molecule has 1 saturated carbocycles. The van der Waals surface area contributed by atoms with Crippen molar-refractivity contribution in [1.29, 1.82) is 0 Å². The first-order valence-corrected chi connectivity index (χ1v) is 9.64. The summed E-state index contributed by atoms with van der Waals surface area (Å²) in [6.45, 7) is 3.68. The highest BCUT2D eigenvalue weighted by atomic mass is 35.5. The number of carbonyl (C=O) groups excluding carboxylic acids is 2. The van der Waals surface area contributed by atoms with E-state index in [2.05, 4.69) is 0 Å². The van der Waals surface area contributed by atoms with Crippen LogP contribution in [0.5, 0.6) is 0 Å². The number of rotatable bonds is 5. The fourth-order valence-electron chi connectivity index (χ4n) is 4.10. The summed E-state index contributed by atoms with van der Waals surface area (Å²) in [4.78, 5) is 27.1. The normalized spacial score (nSPS) is 22.2. The van der Waals surface area contributed by atoms with E-state index in [1.165, 1.54) is 0 Å². The average molecular weight is 364 g/mol. The van der Waals surface area contributed by atoms with Gasteiger partial charge in [-0.05, 0) is 56.2 Å². The summed E-state index contributed by atoms with van der Waals surface area (Å²) in [6.07, 6.45) is 5.21. The van der Waals surface area contributed by atoms with Gasteiger partial charge < -0.3 is 9.64 Å². The van der Waals surface area contributed by atoms with Gasteiger partial charge in [-0.3, -0.25) is 9.59 Å². The van der Waals surface area contributed by atoms with Crippen LogP contribution >= 0.6 is 11.6 Å². The van der Waals surface area contributed by atoms with E-state index in [0.717, 1.165) is 44.2 Å². The molecule has 0 radical (unpaired) electrons. The first-order chi connectivity index (χ1) is 12.0. The van der Waals surface area contributed by atoms with E-state index in [1.807, 2.05) is 36.1 Å². The van der Waals surface area contributed by atoms with E-state index in [1.54, 1.807) is 0 Å². The summed E-state index contributed by atoms with van der Waals surface area (Å²) in [5.74, 6) is 0.270. The van der Waals surface area contributed by atoms with E-state index in [-0.39, 0.29) is 17.8 Å². The number of halogens is 1. The van der Waals surface area contributed by atoms with Crippen LogP contribution in [0.25, 0.3) is 0 Å². The van der Waals surface area contributed by atoms with Crippen LogP contribution in [-0.4, -0.2) is 36.5 Å². The summed E-state index contributed by atoms with van der Waals surface area (Å²) in [6, 6.07) is 7.70. The molecule has 1 aliphatic carbocycles. The lowest BCUT2D eigenvalue weighted by molar-refractivity contribution is -0.148. The van der Waals surface area contributed by atoms with Crippen LogP contribution < -0.4 is 0 Å². The van der Waals surface area contributed by atoms with E-state index in [4.69, 9.17) is 16.3 Å². The molecule has 5 heteroatoms. The number of esters is 1. The van der Waals surface area contributed by atoms with Gasteiger partial charge in [-0.1, -0.05) is 30.2 Å². The molecule has 0 N–H and O–H groups in total. The predicted octanol–water partition coefficient (Wildman–Crippen LogP) is 3.95. The number of carbonyl (C=O) groups is 2. The largest absolute Gasteiger partial charge is 0.466 e. The quantitative estimate of drug-likeness (QED) is 0.744. The van der Waals surface area contributed by atoms with Crippen molar-refractivity contribution in [2.75, 3.05) is 19.7 Å². The summed E-state index contributed by atoms with van der Waals surface area (Å²) in [5, 5.41) is 0.693. The van der Waals surface area contributed by atoms with Crippen molar-refractivity contribution < 1.29 is 14.3 Å². The van der Waals surface area contributed by atoms with E-state index in [9.17, 15) is 9.59 Å². The van der Waals surface area contributed by atoms with E-state index < -0.39 is 5.41 Å². The van der Waals surface area contributed by atoms with Gasteiger partial charge in [0.05, 0.1) is 18.4 Å². The van der Waals surface area contributed by atoms with Gasteiger partial charge in [-0.25, -0.2) is 0 Å². The number of likely N-dealkylation sites (tertiary alicyclic amines) is 1. The lowest BCUT2D eigenvalue weighted by Crippen LogP contribution is -2.53. The van der Waals surface area contributed by atoms with Crippen molar-refractivity contribution in [2.24, 2.45) is 5.92 Å². The van der Waals surface area contributed by atoms with Gasteiger partial charge in [0.2, 0.25) is 5.91 Å². The first kappa shape index (κ1) is 18.2. The van der Waals surface area contributed by atoms with Crippen molar-refractivity contribution in [1.82, 2.24) is 4.90 Å². The highest BCUT2D eigenvalue weighted by Crippen LogP contribution is 2.46. The summed E-state index contributed by atoms with van der Waals surface area (Å²) < 4.78 is 5.07. The molecule has 0 spiro atoms. The van der Waals surface area contributed by atoms with E-state index >= 15 is 0 Å². The van der Waals surface area contributed by atoms with Crippen LogP contribution in [0, 0.1) is 5.92 Å². The SMILES string of the molecule is CCOC(=O)C[C@H]1CCCN(C(=O)C2(c3ccc(Cl)cc3)CCC2)C1. The molecule has 0 bridgehead atoms. The highest BCUT2D eigenvalue weighted by molar-refractivity contribution is 6.30. The zero-order chi connectivity index (χ0) is 17.9.